The quantitative estimate of drug-likeness (QED) is 0.493. The Morgan fingerprint density at radius 2 is 1.49 bits per heavy atom. The van der Waals surface area contributed by atoms with Gasteiger partial charge in [0.1, 0.15) is 0 Å². The molecule has 2 amide bonds. The predicted octanol–water partition coefficient (Wildman–Crippen LogP) is 2.87. The minimum absolute atomic E-state index is 0.00386. The summed E-state index contributed by atoms with van der Waals surface area (Å²) >= 11 is 0. The lowest BCUT2D eigenvalue weighted by atomic mass is 10.1. The van der Waals surface area contributed by atoms with Crippen LogP contribution in [0.1, 0.15) is 26.5 Å². The van der Waals surface area contributed by atoms with Crippen molar-refractivity contribution in [3.05, 3.63) is 77.7 Å². The zero-order chi connectivity index (χ0) is 25.0. The SMILES string of the molecule is COc1ccc(C(=O)N2CCN(C(=O)c3occc3CS(=O)(=O)c3ccccc3)CC2)cc1OC. The number of ether oxygens (including phenoxy) is 2. The summed E-state index contributed by atoms with van der Waals surface area (Å²) in [5.41, 5.74) is 0.768. The van der Waals surface area contributed by atoms with E-state index in [1.54, 1.807) is 46.2 Å². The number of benzene rings is 2. The maximum absolute atomic E-state index is 13.1. The molecule has 184 valence electrons. The standard InChI is InChI=1S/C25H26N2O7S/c1-32-21-9-8-18(16-22(21)33-2)24(28)26-11-13-27(14-12-26)25(29)23-19(10-15-34-23)17-35(30,31)20-6-4-3-5-7-20/h3-10,15-16H,11-14,17H2,1-2H3. The second-order valence-electron chi connectivity index (χ2n) is 8.00. The van der Waals surface area contributed by atoms with E-state index in [9.17, 15) is 18.0 Å². The molecular formula is C25H26N2O7S. The first-order valence-corrected chi connectivity index (χ1v) is 12.6. The van der Waals surface area contributed by atoms with Crippen molar-refractivity contribution in [3.63, 3.8) is 0 Å². The number of rotatable bonds is 7. The fourth-order valence-corrected chi connectivity index (χ4v) is 5.34. The van der Waals surface area contributed by atoms with Crippen LogP contribution in [-0.4, -0.2) is 70.4 Å². The molecule has 1 saturated heterocycles. The number of furan rings is 1. The van der Waals surface area contributed by atoms with Crippen LogP contribution in [0.4, 0.5) is 0 Å². The van der Waals surface area contributed by atoms with E-state index in [1.165, 1.54) is 38.7 Å². The fourth-order valence-electron chi connectivity index (χ4n) is 3.96. The van der Waals surface area contributed by atoms with Crippen LogP contribution in [-0.2, 0) is 15.6 Å². The average Bonchev–Trinajstić information content (AvgIpc) is 3.35. The number of hydrogen-bond acceptors (Lipinski definition) is 7. The fraction of sp³-hybridized carbons (Fsp3) is 0.280. The minimum atomic E-state index is -3.63. The molecule has 0 bridgehead atoms. The van der Waals surface area contributed by atoms with Crippen LogP contribution in [0.25, 0.3) is 0 Å². The van der Waals surface area contributed by atoms with E-state index in [1.807, 2.05) is 0 Å². The zero-order valence-corrected chi connectivity index (χ0v) is 20.3. The molecule has 4 rings (SSSR count). The Balaban J connectivity index is 1.42. The maximum atomic E-state index is 13.1. The Bertz CT molecular complexity index is 1310. The Morgan fingerprint density at radius 1 is 0.857 bits per heavy atom. The lowest BCUT2D eigenvalue weighted by Crippen LogP contribution is -2.50. The highest BCUT2D eigenvalue weighted by Crippen LogP contribution is 2.28. The number of amides is 2. The highest BCUT2D eigenvalue weighted by molar-refractivity contribution is 7.90. The number of methoxy groups -OCH3 is 2. The third-order valence-corrected chi connectivity index (χ3v) is 7.55. The first-order valence-electron chi connectivity index (χ1n) is 11.0. The van der Waals surface area contributed by atoms with Gasteiger partial charge in [-0.1, -0.05) is 18.2 Å². The van der Waals surface area contributed by atoms with E-state index >= 15 is 0 Å². The molecule has 2 aromatic carbocycles. The maximum Gasteiger partial charge on any atom is 0.289 e. The van der Waals surface area contributed by atoms with Gasteiger partial charge < -0.3 is 23.7 Å². The van der Waals surface area contributed by atoms with Gasteiger partial charge in [-0.05, 0) is 36.4 Å². The summed E-state index contributed by atoms with van der Waals surface area (Å²) in [4.78, 5) is 29.5. The Hall–Kier alpha value is -3.79. The lowest BCUT2D eigenvalue weighted by molar-refractivity contribution is 0.0517. The summed E-state index contributed by atoms with van der Waals surface area (Å²) in [7, 11) is -0.605. The van der Waals surface area contributed by atoms with Gasteiger partial charge in [-0.2, -0.15) is 0 Å². The van der Waals surface area contributed by atoms with Crippen molar-refractivity contribution in [2.24, 2.45) is 0 Å². The third kappa shape index (κ3) is 5.17. The molecule has 0 radical (unpaired) electrons. The second-order valence-corrected chi connectivity index (χ2v) is 9.99. The van der Waals surface area contributed by atoms with Gasteiger partial charge in [0, 0.05) is 37.3 Å². The van der Waals surface area contributed by atoms with Crippen molar-refractivity contribution < 1.29 is 31.9 Å². The van der Waals surface area contributed by atoms with E-state index in [4.69, 9.17) is 13.9 Å². The molecule has 2 heterocycles. The Kier molecular flexibility index (Phi) is 7.11. The zero-order valence-electron chi connectivity index (χ0n) is 19.5. The predicted molar refractivity (Wildman–Crippen MR) is 127 cm³/mol. The third-order valence-electron chi connectivity index (χ3n) is 5.87. The minimum Gasteiger partial charge on any atom is -0.493 e. The normalized spacial score (nSPS) is 14.0. The molecule has 10 heteroatoms. The molecule has 0 spiro atoms. The first kappa shape index (κ1) is 24.3. The highest BCUT2D eigenvalue weighted by Gasteiger charge is 2.30. The number of carbonyl (C=O) groups is 2. The summed E-state index contributed by atoms with van der Waals surface area (Å²) in [5, 5.41) is 0. The van der Waals surface area contributed by atoms with Crippen molar-refractivity contribution in [3.8, 4) is 11.5 Å². The van der Waals surface area contributed by atoms with Crippen LogP contribution in [0, 0.1) is 0 Å². The van der Waals surface area contributed by atoms with Crippen LogP contribution in [0.3, 0.4) is 0 Å². The molecule has 1 aliphatic heterocycles. The molecule has 35 heavy (non-hydrogen) atoms. The van der Waals surface area contributed by atoms with Crippen molar-refractivity contribution in [2.75, 3.05) is 40.4 Å². The summed E-state index contributed by atoms with van der Waals surface area (Å²) in [6, 6.07) is 14.6. The van der Waals surface area contributed by atoms with E-state index in [2.05, 4.69) is 0 Å². The van der Waals surface area contributed by atoms with Crippen LogP contribution in [0.2, 0.25) is 0 Å². The Morgan fingerprint density at radius 3 is 2.11 bits per heavy atom. The highest BCUT2D eigenvalue weighted by atomic mass is 32.2. The van der Waals surface area contributed by atoms with Crippen LogP contribution >= 0.6 is 0 Å². The number of piperazine rings is 1. The number of carbonyl (C=O) groups excluding carboxylic acids is 2. The van der Waals surface area contributed by atoms with Crippen molar-refractivity contribution in [2.45, 2.75) is 10.6 Å². The van der Waals surface area contributed by atoms with E-state index in [0.29, 0.717) is 48.8 Å². The van der Waals surface area contributed by atoms with Gasteiger partial charge in [0.05, 0.1) is 31.1 Å². The van der Waals surface area contributed by atoms with Crippen molar-refractivity contribution in [1.29, 1.82) is 0 Å². The topological polar surface area (TPSA) is 106 Å². The first-order chi connectivity index (χ1) is 16.8. The Labute approximate surface area is 203 Å². The molecule has 0 N–H and O–H groups in total. The number of hydrogen-bond donors (Lipinski definition) is 0. The molecule has 1 aromatic heterocycles. The largest absolute Gasteiger partial charge is 0.493 e. The van der Waals surface area contributed by atoms with Crippen LogP contribution < -0.4 is 9.47 Å². The lowest BCUT2D eigenvalue weighted by Gasteiger charge is -2.34. The molecule has 9 nitrogen and oxygen atoms in total. The van der Waals surface area contributed by atoms with Gasteiger partial charge in [-0.15, -0.1) is 0 Å². The van der Waals surface area contributed by atoms with Gasteiger partial charge in [-0.3, -0.25) is 9.59 Å². The number of nitrogens with zero attached hydrogens (tertiary/aromatic N) is 2. The molecule has 1 aliphatic rings. The summed E-state index contributed by atoms with van der Waals surface area (Å²) < 4.78 is 41.4. The van der Waals surface area contributed by atoms with E-state index < -0.39 is 15.7 Å². The smallest absolute Gasteiger partial charge is 0.289 e. The molecule has 1 fully saturated rings. The van der Waals surface area contributed by atoms with Crippen LogP contribution in [0.15, 0.2) is 70.2 Å². The molecule has 0 aliphatic carbocycles. The van der Waals surface area contributed by atoms with E-state index in [0.717, 1.165) is 0 Å². The second kappa shape index (κ2) is 10.2. The van der Waals surface area contributed by atoms with E-state index in [-0.39, 0.29) is 22.3 Å². The van der Waals surface area contributed by atoms with Gasteiger partial charge in [-0.25, -0.2) is 8.42 Å². The monoisotopic (exact) mass is 498 g/mol. The summed E-state index contributed by atoms with van der Waals surface area (Å²) in [6.45, 7) is 1.25. The molecule has 3 aromatic rings. The van der Waals surface area contributed by atoms with Gasteiger partial charge in [0.15, 0.2) is 27.1 Å². The summed E-state index contributed by atoms with van der Waals surface area (Å²) in [6.07, 6.45) is 1.32. The average molecular weight is 499 g/mol. The van der Waals surface area contributed by atoms with Gasteiger partial charge >= 0.3 is 0 Å². The van der Waals surface area contributed by atoms with Crippen molar-refractivity contribution in [1.82, 2.24) is 9.80 Å². The molecule has 0 saturated carbocycles. The molecule has 0 unspecified atom stereocenters. The summed E-state index contributed by atoms with van der Waals surface area (Å²) in [5.74, 6) is 0.0825. The van der Waals surface area contributed by atoms with Gasteiger partial charge in [0.25, 0.3) is 11.8 Å². The van der Waals surface area contributed by atoms with Crippen LogP contribution in [0.5, 0.6) is 11.5 Å². The molecule has 0 atom stereocenters. The van der Waals surface area contributed by atoms with Gasteiger partial charge in [0.2, 0.25) is 0 Å². The van der Waals surface area contributed by atoms with Crippen molar-refractivity contribution >= 4 is 21.7 Å². The molecular weight excluding hydrogens is 472 g/mol. The number of sulfone groups is 1.